The van der Waals surface area contributed by atoms with Gasteiger partial charge in [-0.15, -0.1) is 0 Å². The van der Waals surface area contributed by atoms with Crippen LogP contribution < -0.4 is 0 Å². The van der Waals surface area contributed by atoms with Crippen molar-refractivity contribution in [3.8, 4) is 22.3 Å². The quantitative estimate of drug-likeness (QED) is 0.271. The highest BCUT2D eigenvalue weighted by molar-refractivity contribution is 5.82. The van der Waals surface area contributed by atoms with Gasteiger partial charge >= 0.3 is 0 Å². The molecule has 2 aliphatic carbocycles. The number of fused-ring (bicyclic) bond motifs is 6. The first kappa shape index (κ1) is 22.4. The van der Waals surface area contributed by atoms with E-state index in [1.54, 1.807) is 0 Å². The van der Waals surface area contributed by atoms with Crippen molar-refractivity contribution < 1.29 is 0 Å². The minimum atomic E-state index is 0.0588. The Balaban J connectivity index is 1.47. The molecule has 4 aromatic carbocycles. The van der Waals surface area contributed by atoms with Gasteiger partial charge in [0.2, 0.25) is 0 Å². The Morgan fingerprint density at radius 1 is 0.457 bits per heavy atom. The zero-order valence-electron chi connectivity index (χ0n) is 21.6. The highest BCUT2D eigenvalue weighted by atomic mass is 14.5. The van der Waals surface area contributed by atoms with E-state index in [4.69, 9.17) is 0 Å². The van der Waals surface area contributed by atoms with E-state index in [0.29, 0.717) is 0 Å². The molecule has 0 amide bonds. The van der Waals surface area contributed by atoms with Crippen molar-refractivity contribution in [1.29, 1.82) is 0 Å². The maximum atomic E-state index is 2.52. The summed E-state index contributed by atoms with van der Waals surface area (Å²) < 4.78 is 0. The van der Waals surface area contributed by atoms with Crippen LogP contribution >= 0.6 is 0 Å². The molecule has 4 aromatic rings. The molecule has 0 heterocycles. The summed E-state index contributed by atoms with van der Waals surface area (Å²) in [6, 6.07) is 36.6. The molecular formula is C35H36. The van der Waals surface area contributed by atoms with Gasteiger partial charge in [0.15, 0.2) is 0 Å². The van der Waals surface area contributed by atoms with Crippen molar-refractivity contribution in [1.82, 2.24) is 0 Å². The van der Waals surface area contributed by atoms with Gasteiger partial charge in [-0.1, -0.05) is 125 Å². The van der Waals surface area contributed by atoms with Crippen molar-refractivity contribution in [2.75, 3.05) is 0 Å². The van der Waals surface area contributed by atoms with Crippen LogP contribution in [0.3, 0.4) is 0 Å². The molecule has 2 aliphatic rings. The second-order valence-corrected chi connectivity index (χ2v) is 11.6. The average molecular weight is 457 g/mol. The maximum absolute atomic E-state index is 2.52. The Kier molecular flexibility index (Phi) is 5.08. The van der Waals surface area contributed by atoms with E-state index >= 15 is 0 Å². The maximum Gasteiger partial charge on any atom is 0.0217 e. The molecule has 0 spiro atoms. The Hall–Kier alpha value is -3.12. The molecule has 0 saturated heterocycles. The highest BCUT2D eigenvalue weighted by Crippen LogP contribution is 2.60. The SMILES string of the molecule is CCC1(CC(C)(C)CC2(CC)c3ccccc3-c3ccccc32)c2ccccc2-c2ccccc21. The van der Waals surface area contributed by atoms with Gasteiger partial charge in [0.05, 0.1) is 0 Å². The highest BCUT2D eigenvalue weighted by Gasteiger charge is 2.49. The molecule has 6 rings (SSSR count). The lowest BCUT2D eigenvalue weighted by Gasteiger charge is -2.44. The fourth-order valence-corrected chi connectivity index (χ4v) is 7.92. The lowest BCUT2D eigenvalue weighted by molar-refractivity contribution is 0.194. The minimum Gasteiger partial charge on any atom is -0.0642 e. The summed E-state index contributed by atoms with van der Waals surface area (Å²) in [6.07, 6.45) is 4.54. The molecule has 0 heteroatoms. The van der Waals surface area contributed by atoms with E-state index in [9.17, 15) is 0 Å². The minimum absolute atomic E-state index is 0.0588. The van der Waals surface area contributed by atoms with Gasteiger partial charge in [-0.05, 0) is 75.6 Å². The predicted molar refractivity (Wildman–Crippen MR) is 149 cm³/mol. The molecule has 0 aliphatic heterocycles. The lowest BCUT2D eigenvalue weighted by Crippen LogP contribution is -2.37. The van der Waals surface area contributed by atoms with Gasteiger partial charge in [-0.2, -0.15) is 0 Å². The van der Waals surface area contributed by atoms with Crippen LogP contribution in [0.1, 0.15) is 75.6 Å². The second kappa shape index (κ2) is 7.95. The first-order chi connectivity index (χ1) is 17.0. The molecule has 0 saturated carbocycles. The molecule has 176 valence electrons. The van der Waals surface area contributed by atoms with Crippen LogP contribution in [0.5, 0.6) is 0 Å². The summed E-state index contributed by atoms with van der Waals surface area (Å²) in [6.45, 7) is 9.83. The number of rotatable bonds is 6. The second-order valence-electron chi connectivity index (χ2n) is 11.6. The normalized spacial score (nSPS) is 16.3. The Bertz CT molecular complexity index is 1200. The molecular weight excluding hydrogens is 420 g/mol. The summed E-state index contributed by atoms with van der Waals surface area (Å²) in [4.78, 5) is 0. The van der Waals surface area contributed by atoms with Crippen LogP contribution in [0, 0.1) is 5.41 Å². The van der Waals surface area contributed by atoms with E-state index in [0.717, 1.165) is 25.7 Å². The van der Waals surface area contributed by atoms with Crippen molar-refractivity contribution in [3.05, 3.63) is 119 Å². The Labute approximate surface area is 211 Å². The summed E-state index contributed by atoms with van der Waals surface area (Å²) in [5, 5.41) is 0. The molecule has 0 nitrogen and oxygen atoms in total. The van der Waals surface area contributed by atoms with Crippen LogP contribution in [-0.4, -0.2) is 0 Å². The molecule has 0 bridgehead atoms. The first-order valence-corrected chi connectivity index (χ1v) is 13.3. The largest absolute Gasteiger partial charge is 0.0642 e. The first-order valence-electron chi connectivity index (χ1n) is 13.3. The Morgan fingerprint density at radius 3 is 0.971 bits per heavy atom. The standard InChI is InChI=1S/C35H36/c1-5-34(29-19-11-7-15-25(29)26-16-8-12-20-30(26)34)23-33(3,4)24-35(6-2)31-21-13-9-17-27(31)28-18-10-14-22-32(28)35/h7-22H,5-6,23-24H2,1-4H3. The monoisotopic (exact) mass is 456 g/mol. The third-order valence-electron chi connectivity index (χ3n) is 9.12. The van der Waals surface area contributed by atoms with Gasteiger partial charge in [0, 0.05) is 10.8 Å². The van der Waals surface area contributed by atoms with E-state index < -0.39 is 0 Å². The number of hydrogen-bond acceptors (Lipinski definition) is 0. The Morgan fingerprint density at radius 2 is 0.714 bits per heavy atom. The van der Waals surface area contributed by atoms with Crippen LogP contribution in [0.15, 0.2) is 97.1 Å². The lowest BCUT2D eigenvalue weighted by atomic mass is 9.59. The van der Waals surface area contributed by atoms with Crippen LogP contribution in [0.4, 0.5) is 0 Å². The fraction of sp³-hybridized carbons (Fsp3) is 0.314. The topological polar surface area (TPSA) is 0 Å². The van der Waals surface area contributed by atoms with Crippen LogP contribution in [0.2, 0.25) is 0 Å². The van der Waals surface area contributed by atoms with Gasteiger partial charge in [-0.3, -0.25) is 0 Å². The van der Waals surface area contributed by atoms with Crippen molar-refractivity contribution in [2.24, 2.45) is 5.41 Å². The predicted octanol–water partition coefficient (Wildman–Crippen LogP) is 9.55. The number of benzene rings is 4. The zero-order chi connectivity index (χ0) is 24.3. The molecule has 0 atom stereocenters. The zero-order valence-corrected chi connectivity index (χ0v) is 21.6. The van der Waals surface area contributed by atoms with Crippen molar-refractivity contribution in [2.45, 2.75) is 64.2 Å². The van der Waals surface area contributed by atoms with Crippen LogP contribution in [0.25, 0.3) is 22.3 Å². The van der Waals surface area contributed by atoms with Crippen LogP contribution in [-0.2, 0) is 10.8 Å². The van der Waals surface area contributed by atoms with Crippen molar-refractivity contribution in [3.63, 3.8) is 0 Å². The van der Waals surface area contributed by atoms with Gasteiger partial charge < -0.3 is 0 Å². The average Bonchev–Trinajstić information content (AvgIpc) is 3.32. The van der Waals surface area contributed by atoms with Crippen molar-refractivity contribution >= 4 is 0 Å². The molecule has 0 N–H and O–H groups in total. The smallest absolute Gasteiger partial charge is 0.0217 e. The third-order valence-corrected chi connectivity index (χ3v) is 9.12. The summed E-state index contributed by atoms with van der Waals surface area (Å²) in [5.74, 6) is 0. The third kappa shape index (κ3) is 3.12. The van der Waals surface area contributed by atoms with E-state index in [1.165, 1.54) is 44.5 Å². The summed E-state index contributed by atoms with van der Waals surface area (Å²) in [5.41, 5.74) is 12.1. The van der Waals surface area contributed by atoms with Gasteiger partial charge in [-0.25, -0.2) is 0 Å². The van der Waals surface area contributed by atoms with Gasteiger partial charge in [0.1, 0.15) is 0 Å². The summed E-state index contributed by atoms with van der Waals surface area (Å²) in [7, 11) is 0. The van der Waals surface area contributed by atoms with Gasteiger partial charge in [0.25, 0.3) is 0 Å². The van der Waals surface area contributed by atoms with E-state index in [-0.39, 0.29) is 16.2 Å². The molecule has 0 radical (unpaired) electrons. The fourth-order valence-electron chi connectivity index (χ4n) is 7.92. The molecule has 0 aromatic heterocycles. The summed E-state index contributed by atoms with van der Waals surface area (Å²) >= 11 is 0. The molecule has 35 heavy (non-hydrogen) atoms. The molecule has 0 unspecified atom stereocenters. The number of hydrogen-bond donors (Lipinski definition) is 0. The van der Waals surface area contributed by atoms with E-state index in [1.807, 2.05) is 0 Å². The van der Waals surface area contributed by atoms with E-state index in [2.05, 4.69) is 125 Å². The molecule has 0 fully saturated rings.